The molecule has 1 fully saturated rings. The third-order valence-electron chi connectivity index (χ3n) is 3.27. The van der Waals surface area contributed by atoms with Crippen LogP contribution in [0.4, 0.5) is 0 Å². The summed E-state index contributed by atoms with van der Waals surface area (Å²) in [5.41, 5.74) is 5.68. The molecule has 17 heavy (non-hydrogen) atoms. The molecule has 2 unspecified atom stereocenters. The highest BCUT2D eigenvalue weighted by molar-refractivity contribution is 7.89. The van der Waals surface area contributed by atoms with Gasteiger partial charge in [-0.3, -0.25) is 5.10 Å². The molecule has 0 aromatic carbocycles. The fourth-order valence-electron chi connectivity index (χ4n) is 2.42. The van der Waals surface area contributed by atoms with Crippen LogP contribution in [0.1, 0.15) is 26.2 Å². The maximum absolute atomic E-state index is 12.4. The normalized spacial score (nSPS) is 27.2. The Balaban J connectivity index is 2.36. The molecule has 3 N–H and O–H groups in total. The first-order chi connectivity index (χ1) is 8.07. The number of nitrogens with two attached hydrogens (primary N) is 1. The van der Waals surface area contributed by atoms with Crippen LogP contribution in [0.2, 0.25) is 0 Å². The van der Waals surface area contributed by atoms with Crippen molar-refractivity contribution in [2.45, 2.75) is 43.2 Å². The van der Waals surface area contributed by atoms with Crippen molar-refractivity contribution in [3.63, 3.8) is 0 Å². The Kier molecular flexibility index (Phi) is 3.50. The second kappa shape index (κ2) is 4.75. The van der Waals surface area contributed by atoms with E-state index in [1.807, 2.05) is 6.92 Å². The van der Waals surface area contributed by atoms with E-state index in [0.29, 0.717) is 6.54 Å². The summed E-state index contributed by atoms with van der Waals surface area (Å²) in [6.07, 6.45) is 5.49. The van der Waals surface area contributed by atoms with Gasteiger partial charge in [0.05, 0.1) is 6.20 Å². The average molecular weight is 258 g/mol. The van der Waals surface area contributed by atoms with Crippen molar-refractivity contribution in [1.29, 1.82) is 0 Å². The predicted molar refractivity (Wildman–Crippen MR) is 63.8 cm³/mol. The predicted octanol–water partition coefficient (Wildman–Crippen LogP) is 0.300. The van der Waals surface area contributed by atoms with Crippen LogP contribution >= 0.6 is 0 Å². The molecule has 1 saturated heterocycles. The number of aromatic amines is 1. The molecule has 6 nitrogen and oxygen atoms in total. The molecule has 0 aliphatic carbocycles. The van der Waals surface area contributed by atoms with Gasteiger partial charge >= 0.3 is 0 Å². The smallest absolute Gasteiger partial charge is 0.246 e. The van der Waals surface area contributed by atoms with Crippen molar-refractivity contribution in [3.8, 4) is 0 Å². The lowest BCUT2D eigenvalue weighted by molar-refractivity contribution is 0.196. The lowest BCUT2D eigenvalue weighted by atomic mass is 10.00. The first-order valence-corrected chi connectivity index (χ1v) is 7.23. The Morgan fingerprint density at radius 2 is 2.35 bits per heavy atom. The van der Waals surface area contributed by atoms with Crippen molar-refractivity contribution >= 4 is 10.0 Å². The Bertz CT molecular complexity index is 457. The van der Waals surface area contributed by atoms with Crippen LogP contribution in [0.15, 0.2) is 17.3 Å². The fraction of sp³-hybridized carbons (Fsp3) is 0.700. The molecule has 0 saturated carbocycles. The summed E-state index contributed by atoms with van der Waals surface area (Å²) in [4.78, 5) is 0.213. The van der Waals surface area contributed by atoms with E-state index in [0.717, 1.165) is 19.3 Å². The molecule has 0 radical (unpaired) electrons. The number of nitrogens with zero attached hydrogens (tertiary/aromatic N) is 2. The molecular weight excluding hydrogens is 240 g/mol. The number of H-pyrrole nitrogens is 1. The molecule has 0 amide bonds. The molecule has 1 aromatic heterocycles. The maximum Gasteiger partial charge on any atom is 0.246 e. The number of rotatable bonds is 3. The molecule has 1 aliphatic heterocycles. The summed E-state index contributed by atoms with van der Waals surface area (Å²) in [6.45, 7) is 2.29. The first-order valence-electron chi connectivity index (χ1n) is 5.79. The van der Waals surface area contributed by atoms with Crippen molar-refractivity contribution in [2.24, 2.45) is 5.73 Å². The van der Waals surface area contributed by atoms with E-state index in [1.165, 1.54) is 12.4 Å². The van der Waals surface area contributed by atoms with Crippen LogP contribution in [0.3, 0.4) is 0 Å². The molecule has 1 aliphatic rings. The van der Waals surface area contributed by atoms with E-state index in [4.69, 9.17) is 5.73 Å². The summed E-state index contributed by atoms with van der Waals surface area (Å²) in [7, 11) is -3.47. The fourth-order valence-corrected chi connectivity index (χ4v) is 4.21. The summed E-state index contributed by atoms with van der Waals surface area (Å²) in [5, 5.41) is 6.23. The lowest BCUT2D eigenvalue weighted by Gasteiger charge is -2.38. The molecule has 0 bridgehead atoms. The van der Waals surface area contributed by atoms with Crippen LogP contribution in [-0.2, 0) is 10.0 Å². The highest BCUT2D eigenvalue weighted by atomic mass is 32.2. The Morgan fingerprint density at radius 1 is 1.59 bits per heavy atom. The van der Waals surface area contributed by atoms with Crippen LogP contribution in [-0.4, -0.2) is 41.5 Å². The highest BCUT2D eigenvalue weighted by Gasteiger charge is 2.37. The first kappa shape index (κ1) is 12.5. The van der Waals surface area contributed by atoms with E-state index in [9.17, 15) is 8.42 Å². The van der Waals surface area contributed by atoms with E-state index in [-0.39, 0.29) is 17.0 Å². The minimum absolute atomic E-state index is 0.00259. The van der Waals surface area contributed by atoms with Crippen LogP contribution < -0.4 is 5.73 Å². The SMILES string of the molecule is CC1CCCC(CN)N1S(=O)(=O)c1cn[nH]c1. The molecule has 2 rings (SSSR count). The van der Waals surface area contributed by atoms with Gasteiger partial charge in [0.15, 0.2) is 0 Å². The van der Waals surface area contributed by atoms with Gasteiger partial charge in [-0.15, -0.1) is 0 Å². The zero-order valence-electron chi connectivity index (χ0n) is 9.83. The van der Waals surface area contributed by atoms with Gasteiger partial charge in [-0.1, -0.05) is 6.42 Å². The van der Waals surface area contributed by atoms with Crippen molar-refractivity contribution in [3.05, 3.63) is 12.4 Å². The third-order valence-corrected chi connectivity index (χ3v) is 5.31. The standard InChI is InChI=1S/C10H18N4O2S/c1-8-3-2-4-9(5-11)14(8)17(15,16)10-6-12-13-7-10/h6-9H,2-5,11H2,1H3,(H,12,13). The van der Waals surface area contributed by atoms with Crippen LogP contribution in [0.25, 0.3) is 0 Å². The molecule has 7 heteroatoms. The van der Waals surface area contributed by atoms with Crippen molar-refractivity contribution in [2.75, 3.05) is 6.54 Å². The van der Waals surface area contributed by atoms with E-state index in [1.54, 1.807) is 4.31 Å². The van der Waals surface area contributed by atoms with E-state index in [2.05, 4.69) is 10.2 Å². The zero-order valence-corrected chi connectivity index (χ0v) is 10.7. The summed E-state index contributed by atoms with van der Waals surface area (Å²) >= 11 is 0. The Labute approximate surface area is 101 Å². The Morgan fingerprint density at radius 3 is 2.94 bits per heavy atom. The molecular formula is C10H18N4O2S. The van der Waals surface area contributed by atoms with Crippen LogP contribution in [0.5, 0.6) is 0 Å². The third kappa shape index (κ3) is 2.22. The van der Waals surface area contributed by atoms with Gasteiger partial charge in [-0.25, -0.2) is 8.42 Å². The largest absolute Gasteiger partial charge is 0.329 e. The Hall–Kier alpha value is -0.920. The quantitative estimate of drug-likeness (QED) is 0.815. The molecule has 2 heterocycles. The van der Waals surface area contributed by atoms with Crippen LogP contribution in [0, 0.1) is 0 Å². The molecule has 2 atom stereocenters. The number of sulfonamides is 1. The van der Waals surface area contributed by atoms with E-state index < -0.39 is 10.0 Å². The van der Waals surface area contributed by atoms with Gasteiger partial charge in [0.1, 0.15) is 4.90 Å². The zero-order chi connectivity index (χ0) is 12.5. The second-order valence-electron chi connectivity index (χ2n) is 4.44. The van der Waals surface area contributed by atoms with E-state index >= 15 is 0 Å². The van der Waals surface area contributed by atoms with Gasteiger partial charge in [-0.05, 0) is 19.8 Å². The van der Waals surface area contributed by atoms with Gasteiger partial charge in [0.25, 0.3) is 0 Å². The second-order valence-corrected chi connectivity index (χ2v) is 6.28. The number of nitrogens with one attached hydrogen (secondary N) is 1. The number of aromatic nitrogens is 2. The summed E-state index contributed by atoms with van der Waals surface area (Å²) in [6, 6.07) is -0.101. The number of hydrogen-bond donors (Lipinski definition) is 2. The topological polar surface area (TPSA) is 92.1 Å². The molecule has 96 valence electrons. The minimum Gasteiger partial charge on any atom is -0.329 e. The summed E-state index contributed by atoms with van der Waals surface area (Å²) < 4.78 is 26.4. The molecule has 0 spiro atoms. The van der Waals surface area contributed by atoms with Crippen molar-refractivity contribution < 1.29 is 8.42 Å². The maximum atomic E-state index is 12.4. The van der Waals surface area contributed by atoms with Crippen molar-refractivity contribution in [1.82, 2.24) is 14.5 Å². The number of hydrogen-bond acceptors (Lipinski definition) is 4. The minimum atomic E-state index is -3.47. The lowest BCUT2D eigenvalue weighted by Crippen LogP contribution is -2.51. The van der Waals surface area contributed by atoms with Gasteiger partial charge in [0, 0.05) is 24.8 Å². The van der Waals surface area contributed by atoms with Gasteiger partial charge in [0.2, 0.25) is 10.0 Å². The molecule has 1 aromatic rings. The van der Waals surface area contributed by atoms with Gasteiger partial charge < -0.3 is 5.73 Å². The highest BCUT2D eigenvalue weighted by Crippen LogP contribution is 2.28. The summed E-state index contributed by atoms with van der Waals surface area (Å²) in [5.74, 6) is 0. The monoisotopic (exact) mass is 258 g/mol. The number of piperidine rings is 1. The average Bonchev–Trinajstić information content (AvgIpc) is 2.82. The van der Waals surface area contributed by atoms with Gasteiger partial charge in [-0.2, -0.15) is 9.40 Å².